The number of rotatable bonds is 2. The predicted octanol–water partition coefficient (Wildman–Crippen LogP) is 3.12. The fourth-order valence-corrected chi connectivity index (χ4v) is 2.82. The lowest BCUT2D eigenvalue weighted by molar-refractivity contribution is 1.04. The highest BCUT2D eigenvalue weighted by Gasteiger charge is 2.06. The Kier molecular flexibility index (Phi) is 2.65. The molecule has 2 heterocycles. The van der Waals surface area contributed by atoms with Gasteiger partial charge in [-0.1, -0.05) is 0 Å². The number of hydrogen-bond acceptors (Lipinski definition) is 4. The van der Waals surface area contributed by atoms with Crippen molar-refractivity contribution in [3.63, 3.8) is 0 Å². The van der Waals surface area contributed by atoms with Gasteiger partial charge in [0.15, 0.2) is 0 Å². The van der Waals surface area contributed by atoms with E-state index in [1.807, 2.05) is 6.92 Å². The van der Waals surface area contributed by atoms with Crippen LogP contribution in [0.5, 0.6) is 0 Å². The second-order valence-corrected chi connectivity index (χ2v) is 5.63. The van der Waals surface area contributed by atoms with Crippen molar-refractivity contribution in [2.24, 2.45) is 0 Å². The number of hydrogen-bond donors (Lipinski definition) is 0. The molecule has 0 amide bonds. The molecule has 14 heavy (non-hydrogen) atoms. The van der Waals surface area contributed by atoms with Gasteiger partial charge >= 0.3 is 0 Å². The van der Waals surface area contributed by atoms with Crippen LogP contribution in [0.2, 0.25) is 0 Å². The Morgan fingerprint density at radius 1 is 1.21 bits per heavy atom. The summed E-state index contributed by atoms with van der Waals surface area (Å²) in [5.41, 5.74) is 2.29. The Balaban J connectivity index is 2.18. The molecule has 0 aliphatic rings. The van der Waals surface area contributed by atoms with Crippen LogP contribution in [0.15, 0.2) is 5.38 Å². The molecule has 2 aromatic rings. The average Bonchev–Trinajstić information content (AvgIpc) is 2.62. The van der Waals surface area contributed by atoms with Gasteiger partial charge in [-0.25, -0.2) is 9.97 Å². The Bertz CT molecular complexity index is 423. The van der Waals surface area contributed by atoms with E-state index in [4.69, 9.17) is 0 Å². The number of aromatic nitrogens is 2. The van der Waals surface area contributed by atoms with Gasteiger partial charge in [0.05, 0.1) is 21.4 Å². The molecule has 0 aliphatic carbocycles. The largest absolute Gasteiger partial charge is 0.246 e. The van der Waals surface area contributed by atoms with Crippen molar-refractivity contribution in [1.82, 2.24) is 9.97 Å². The zero-order valence-corrected chi connectivity index (χ0v) is 10.1. The quantitative estimate of drug-likeness (QED) is 0.783. The maximum atomic E-state index is 4.50. The number of nitrogens with zero attached hydrogens (tertiary/aromatic N) is 2. The summed E-state index contributed by atoms with van der Waals surface area (Å²) in [4.78, 5) is 10.2. The molecule has 0 saturated heterocycles. The van der Waals surface area contributed by atoms with Crippen molar-refractivity contribution < 1.29 is 0 Å². The molecule has 0 radical (unpaired) electrons. The molecule has 0 bridgehead atoms. The highest BCUT2D eigenvalue weighted by molar-refractivity contribution is 7.11. The zero-order valence-electron chi connectivity index (χ0n) is 8.50. The van der Waals surface area contributed by atoms with Crippen molar-refractivity contribution in [2.45, 2.75) is 27.2 Å². The molecule has 0 N–H and O–H groups in total. The molecule has 0 atom stereocenters. The van der Waals surface area contributed by atoms with Crippen molar-refractivity contribution in [1.29, 1.82) is 0 Å². The third kappa shape index (κ3) is 2.01. The lowest BCUT2D eigenvalue weighted by Crippen LogP contribution is -1.87. The monoisotopic (exact) mass is 224 g/mol. The molecular formula is C10H12N2S2. The minimum Gasteiger partial charge on any atom is -0.246 e. The first-order valence-corrected chi connectivity index (χ1v) is 6.18. The van der Waals surface area contributed by atoms with Crippen molar-refractivity contribution >= 4 is 22.7 Å². The van der Waals surface area contributed by atoms with Gasteiger partial charge in [-0.05, 0) is 20.8 Å². The molecule has 74 valence electrons. The summed E-state index contributed by atoms with van der Waals surface area (Å²) >= 11 is 3.47. The lowest BCUT2D eigenvalue weighted by Gasteiger charge is -1.89. The second kappa shape index (κ2) is 3.79. The van der Waals surface area contributed by atoms with E-state index in [0.717, 1.165) is 22.8 Å². The van der Waals surface area contributed by atoms with E-state index in [1.165, 1.54) is 9.88 Å². The van der Waals surface area contributed by atoms with Crippen LogP contribution < -0.4 is 0 Å². The first kappa shape index (κ1) is 9.80. The van der Waals surface area contributed by atoms with Crippen LogP contribution in [0.25, 0.3) is 0 Å². The molecule has 0 aliphatic heterocycles. The molecule has 0 saturated carbocycles. The van der Waals surface area contributed by atoms with E-state index in [0.29, 0.717) is 0 Å². The number of thiazole rings is 2. The Labute approximate surface area is 91.7 Å². The van der Waals surface area contributed by atoms with E-state index in [-0.39, 0.29) is 0 Å². The summed E-state index contributed by atoms with van der Waals surface area (Å²) in [5, 5.41) is 4.41. The summed E-state index contributed by atoms with van der Waals surface area (Å²) < 4.78 is 0. The standard InChI is InChI=1S/C10H12N2S2/c1-6-7(2)14-10(11-6)4-9-5-13-8(3)12-9/h5H,4H2,1-3H3. The maximum absolute atomic E-state index is 4.50. The maximum Gasteiger partial charge on any atom is 0.0990 e. The molecule has 2 aromatic heterocycles. The number of aryl methyl sites for hydroxylation is 3. The first-order valence-electron chi connectivity index (χ1n) is 4.49. The molecule has 0 aromatic carbocycles. The Morgan fingerprint density at radius 3 is 2.50 bits per heavy atom. The minimum atomic E-state index is 0.879. The smallest absolute Gasteiger partial charge is 0.0990 e. The summed E-state index contributed by atoms with van der Waals surface area (Å²) in [6.07, 6.45) is 0.879. The normalized spacial score (nSPS) is 10.8. The third-order valence-corrected chi connectivity index (χ3v) is 3.97. The van der Waals surface area contributed by atoms with E-state index in [2.05, 4.69) is 29.2 Å². The fraction of sp³-hybridized carbons (Fsp3) is 0.400. The Morgan fingerprint density at radius 2 is 2.00 bits per heavy atom. The molecule has 4 heteroatoms. The summed E-state index contributed by atoms with van der Waals surface area (Å²) in [7, 11) is 0. The van der Waals surface area contributed by atoms with Gasteiger partial charge in [0.1, 0.15) is 0 Å². The van der Waals surface area contributed by atoms with Gasteiger partial charge in [0, 0.05) is 16.7 Å². The summed E-state index contributed by atoms with van der Waals surface area (Å²) in [5.74, 6) is 0. The molecule has 0 spiro atoms. The fourth-order valence-electron chi connectivity index (χ4n) is 1.26. The van der Waals surface area contributed by atoms with Gasteiger partial charge in [-0.2, -0.15) is 0 Å². The zero-order chi connectivity index (χ0) is 10.1. The predicted molar refractivity (Wildman–Crippen MR) is 61.2 cm³/mol. The Hall–Kier alpha value is -0.740. The van der Waals surface area contributed by atoms with Gasteiger partial charge < -0.3 is 0 Å². The van der Waals surface area contributed by atoms with Crippen molar-refractivity contribution in [2.75, 3.05) is 0 Å². The van der Waals surface area contributed by atoms with Crippen LogP contribution in [-0.4, -0.2) is 9.97 Å². The average molecular weight is 224 g/mol. The minimum absolute atomic E-state index is 0.879. The second-order valence-electron chi connectivity index (χ2n) is 3.28. The van der Waals surface area contributed by atoms with Gasteiger partial charge in [-0.3, -0.25) is 0 Å². The van der Waals surface area contributed by atoms with Crippen LogP contribution in [0.1, 0.15) is 26.3 Å². The first-order chi connectivity index (χ1) is 6.65. The highest BCUT2D eigenvalue weighted by Crippen LogP contribution is 2.20. The van der Waals surface area contributed by atoms with Gasteiger partial charge in [-0.15, -0.1) is 22.7 Å². The van der Waals surface area contributed by atoms with Crippen LogP contribution in [0.3, 0.4) is 0 Å². The molecule has 0 unspecified atom stereocenters. The lowest BCUT2D eigenvalue weighted by atomic mass is 10.3. The van der Waals surface area contributed by atoms with E-state index >= 15 is 0 Å². The molecular weight excluding hydrogens is 212 g/mol. The van der Waals surface area contributed by atoms with E-state index < -0.39 is 0 Å². The van der Waals surface area contributed by atoms with Crippen molar-refractivity contribution in [3.8, 4) is 0 Å². The summed E-state index contributed by atoms with van der Waals surface area (Å²) in [6.45, 7) is 6.21. The van der Waals surface area contributed by atoms with E-state index in [9.17, 15) is 0 Å². The summed E-state index contributed by atoms with van der Waals surface area (Å²) in [6, 6.07) is 0. The van der Waals surface area contributed by atoms with Gasteiger partial charge in [0.25, 0.3) is 0 Å². The van der Waals surface area contributed by atoms with Crippen LogP contribution >= 0.6 is 22.7 Å². The van der Waals surface area contributed by atoms with Crippen LogP contribution in [0.4, 0.5) is 0 Å². The van der Waals surface area contributed by atoms with Crippen LogP contribution in [-0.2, 0) is 6.42 Å². The SMILES string of the molecule is Cc1nc(Cc2nc(C)c(C)s2)cs1. The van der Waals surface area contributed by atoms with Gasteiger partial charge in [0.2, 0.25) is 0 Å². The van der Waals surface area contributed by atoms with Crippen molar-refractivity contribution in [3.05, 3.63) is 31.7 Å². The molecule has 2 nitrogen and oxygen atoms in total. The topological polar surface area (TPSA) is 25.8 Å². The molecule has 2 rings (SSSR count). The van der Waals surface area contributed by atoms with Crippen LogP contribution in [0, 0.1) is 20.8 Å². The highest BCUT2D eigenvalue weighted by atomic mass is 32.1. The molecule has 0 fully saturated rings. The van der Waals surface area contributed by atoms with E-state index in [1.54, 1.807) is 22.7 Å². The third-order valence-electron chi connectivity index (χ3n) is 2.07.